The van der Waals surface area contributed by atoms with E-state index in [2.05, 4.69) is 20.6 Å². The lowest BCUT2D eigenvalue weighted by Crippen LogP contribution is -2.42. The normalized spacial score (nSPS) is 16.1. The highest BCUT2D eigenvalue weighted by Crippen LogP contribution is 2.29. The highest BCUT2D eigenvalue weighted by atomic mass is 32.1. The minimum absolute atomic E-state index is 0.00515. The van der Waals surface area contributed by atoms with E-state index < -0.39 is 24.0 Å². The van der Waals surface area contributed by atoms with Crippen molar-refractivity contribution >= 4 is 34.7 Å². The summed E-state index contributed by atoms with van der Waals surface area (Å²) < 4.78 is 44.8. The van der Waals surface area contributed by atoms with Gasteiger partial charge in [0.05, 0.1) is 19.6 Å². The Morgan fingerprint density at radius 2 is 2.00 bits per heavy atom. The number of anilines is 1. The van der Waals surface area contributed by atoms with E-state index in [1.165, 1.54) is 24.5 Å². The number of methoxy groups -OCH3 is 1. The molecule has 1 unspecified atom stereocenters. The summed E-state index contributed by atoms with van der Waals surface area (Å²) in [6.07, 6.45) is -3.64. The first-order valence-electron chi connectivity index (χ1n) is 10.2. The zero-order chi connectivity index (χ0) is 23.6. The summed E-state index contributed by atoms with van der Waals surface area (Å²) in [6, 6.07) is 6.25. The Morgan fingerprint density at radius 1 is 1.24 bits per heavy atom. The first kappa shape index (κ1) is 23.0. The fourth-order valence-corrected chi connectivity index (χ4v) is 4.53. The molecule has 0 spiro atoms. The van der Waals surface area contributed by atoms with Gasteiger partial charge in [-0.25, -0.2) is 0 Å². The molecule has 9 nitrogen and oxygen atoms in total. The lowest BCUT2D eigenvalue weighted by molar-refractivity contribution is -0.146. The monoisotopic (exact) mass is 482 g/mol. The fourth-order valence-electron chi connectivity index (χ4n) is 3.75. The Labute approximate surface area is 190 Å². The van der Waals surface area contributed by atoms with Crippen LogP contribution in [0.2, 0.25) is 0 Å². The fraction of sp³-hybridized carbons (Fsp3) is 0.450. The highest BCUT2D eigenvalue weighted by molar-refractivity contribution is 7.10. The number of esters is 1. The largest absolute Gasteiger partial charge is 0.469 e. The maximum absolute atomic E-state index is 13.1. The summed E-state index contributed by atoms with van der Waals surface area (Å²) in [5.41, 5.74) is 0.00515. The Balaban J connectivity index is 1.41. The van der Waals surface area contributed by atoms with E-state index in [1.807, 2.05) is 22.4 Å². The third-order valence-corrected chi connectivity index (χ3v) is 6.48. The Bertz CT molecular complexity index is 1130. The maximum atomic E-state index is 13.1. The smallest absolute Gasteiger partial charge is 0.453 e. The first-order valence-corrected chi connectivity index (χ1v) is 11.1. The number of hydrogen-bond donors (Lipinski definition) is 1. The van der Waals surface area contributed by atoms with Gasteiger partial charge in [-0.05, 0) is 36.4 Å². The quantitative estimate of drug-likeness (QED) is 0.539. The number of alkyl halides is 3. The predicted octanol–water partition coefficient (Wildman–Crippen LogP) is 2.84. The van der Waals surface area contributed by atoms with Crippen LogP contribution in [-0.4, -0.2) is 51.9 Å². The molecule has 4 heterocycles. The van der Waals surface area contributed by atoms with Gasteiger partial charge < -0.3 is 15.0 Å². The summed E-state index contributed by atoms with van der Waals surface area (Å²) in [5, 5.41) is 15.6. The zero-order valence-electron chi connectivity index (χ0n) is 17.6. The number of thiophene rings is 1. The molecule has 3 aromatic rings. The zero-order valence-corrected chi connectivity index (χ0v) is 18.4. The van der Waals surface area contributed by atoms with Crippen LogP contribution >= 0.6 is 11.3 Å². The molecule has 33 heavy (non-hydrogen) atoms. The Morgan fingerprint density at radius 3 is 2.64 bits per heavy atom. The van der Waals surface area contributed by atoms with Crippen molar-refractivity contribution in [1.82, 2.24) is 25.1 Å². The Hall–Kier alpha value is -3.22. The second-order valence-electron chi connectivity index (χ2n) is 7.60. The molecule has 3 aromatic heterocycles. The van der Waals surface area contributed by atoms with Crippen LogP contribution in [0.3, 0.4) is 0 Å². The van der Waals surface area contributed by atoms with Gasteiger partial charge >= 0.3 is 12.1 Å². The van der Waals surface area contributed by atoms with Crippen LogP contribution in [0.1, 0.15) is 36.0 Å². The second kappa shape index (κ2) is 9.33. The van der Waals surface area contributed by atoms with Gasteiger partial charge in [-0.1, -0.05) is 6.07 Å². The average molecular weight is 482 g/mol. The van der Waals surface area contributed by atoms with Crippen molar-refractivity contribution < 1.29 is 27.5 Å². The number of nitrogens with one attached hydrogen (secondary N) is 1. The van der Waals surface area contributed by atoms with E-state index in [4.69, 9.17) is 4.74 Å². The van der Waals surface area contributed by atoms with Crippen molar-refractivity contribution in [3.8, 4) is 0 Å². The number of piperidine rings is 1. The van der Waals surface area contributed by atoms with Crippen molar-refractivity contribution in [3.05, 3.63) is 40.3 Å². The summed E-state index contributed by atoms with van der Waals surface area (Å²) >= 11 is 1.44. The molecule has 0 aliphatic carbocycles. The minimum Gasteiger partial charge on any atom is -0.469 e. The molecule has 0 bridgehead atoms. The van der Waals surface area contributed by atoms with Crippen molar-refractivity contribution in [2.45, 2.75) is 31.5 Å². The number of carbonyl (C=O) groups excluding carboxylic acids is 2. The standard InChI is InChI=1S/C20H21F3N6O3S/c1-32-17(30)11-13(14-3-2-10-33-14)24-18(31)12-6-8-28(9-7-12)16-5-4-15-25-26-19(20(21,22)23)29(15)27-16/h2-5,10,12-13H,6-9,11H2,1H3,(H,24,31). The summed E-state index contributed by atoms with van der Waals surface area (Å²) in [6.45, 7) is 0.890. The SMILES string of the molecule is COC(=O)CC(NC(=O)C1CCN(c2ccc3nnc(C(F)(F)F)n3n2)CC1)c1cccs1. The molecule has 0 aromatic carbocycles. The lowest BCUT2D eigenvalue weighted by atomic mass is 9.95. The maximum Gasteiger partial charge on any atom is 0.453 e. The topological polar surface area (TPSA) is 102 Å². The molecular weight excluding hydrogens is 461 g/mol. The molecule has 1 N–H and O–H groups in total. The number of hydrogen-bond acceptors (Lipinski definition) is 8. The van der Waals surface area contributed by atoms with Gasteiger partial charge in [0.1, 0.15) is 5.82 Å². The van der Waals surface area contributed by atoms with Crippen molar-refractivity contribution in [3.63, 3.8) is 0 Å². The number of halogens is 3. The summed E-state index contributed by atoms with van der Waals surface area (Å²) in [4.78, 5) is 27.3. The van der Waals surface area contributed by atoms with E-state index in [0.29, 0.717) is 36.3 Å². The molecule has 1 atom stereocenters. The van der Waals surface area contributed by atoms with E-state index in [1.54, 1.807) is 6.07 Å². The number of fused-ring (bicyclic) bond motifs is 1. The number of ether oxygens (including phenoxy) is 1. The predicted molar refractivity (Wildman–Crippen MR) is 113 cm³/mol. The molecule has 1 saturated heterocycles. The van der Waals surface area contributed by atoms with E-state index in [9.17, 15) is 22.8 Å². The molecule has 0 saturated carbocycles. The molecule has 0 radical (unpaired) electrons. The molecule has 13 heteroatoms. The average Bonchev–Trinajstić information content (AvgIpc) is 3.48. The van der Waals surface area contributed by atoms with Gasteiger partial charge in [-0.2, -0.15) is 17.7 Å². The van der Waals surface area contributed by atoms with Gasteiger partial charge in [0, 0.05) is 23.9 Å². The molecule has 176 valence electrons. The molecular formula is C20H21F3N6O3S. The molecule has 1 aliphatic rings. The van der Waals surface area contributed by atoms with Crippen LogP contribution in [0.5, 0.6) is 0 Å². The number of nitrogens with zero attached hydrogens (tertiary/aromatic N) is 5. The van der Waals surface area contributed by atoms with Crippen LogP contribution in [-0.2, 0) is 20.5 Å². The van der Waals surface area contributed by atoms with Crippen molar-refractivity contribution in [2.75, 3.05) is 25.1 Å². The number of aromatic nitrogens is 4. The summed E-state index contributed by atoms with van der Waals surface area (Å²) in [7, 11) is 1.30. The van der Waals surface area contributed by atoms with Gasteiger partial charge in [0.15, 0.2) is 5.65 Å². The summed E-state index contributed by atoms with van der Waals surface area (Å²) in [5.74, 6) is -1.70. The van der Waals surface area contributed by atoms with Gasteiger partial charge in [-0.15, -0.1) is 26.6 Å². The van der Waals surface area contributed by atoms with Gasteiger partial charge in [-0.3, -0.25) is 9.59 Å². The lowest BCUT2D eigenvalue weighted by Gasteiger charge is -2.32. The van der Waals surface area contributed by atoms with E-state index in [0.717, 1.165) is 4.88 Å². The van der Waals surface area contributed by atoms with Crippen LogP contribution < -0.4 is 10.2 Å². The highest BCUT2D eigenvalue weighted by Gasteiger charge is 2.38. The van der Waals surface area contributed by atoms with Gasteiger partial charge in [0.25, 0.3) is 5.82 Å². The molecule has 1 amide bonds. The van der Waals surface area contributed by atoms with E-state index >= 15 is 0 Å². The van der Waals surface area contributed by atoms with Crippen LogP contribution in [0.4, 0.5) is 19.0 Å². The third kappa shape index (κ3) is 5.07. The Kier molecular flexibility index (Phi) is 6.49. The molecule has 1 fully saturated rings. The minimum atomic E-state index is -4.67. The third-order valence-electron chi connectivity index (χ3n) is 5.49. The van der Waals surface area contributed by atoms with Crippen molar-refractivity contribution in [1.29, 1.82) is 0 Å². The molecule has 1 aliphatic heterocycles. The number of rotatable bonds is 6. The van der Waals surface area contributed by atoms with Crippen molar-refractivity contribution in [2.24, 2.45) is 5.92 Å². The van der Waals surface area contributed by atoms with Crippen LogP contribution in [0, 0.1) is 5.92 Å². The molecule has 4 rings (SSSR count). The van der Waals surface area contributed by atoms with Crippen LogP contribution in [0.25, 0.3) is 5.65 Å². The van der Waals surface area contributed by atoms with Gasteiger partial charge in [0.2, 0.25) is 5.91 Å². The van der Waals surface area contributed by atoms with Crippen LogP contribution in [0.15, 0.2) is 29.6 Å². The second-order valence-corrected chi connectivity index (χ2v) is 8.58. The first-order chi connectivity index (χ1) is 15.8. The number of carbonyl (C=O) groups is 2. The number of amides is 1. The van der Waals surface area contributed by atoms with E-state index in [-0.39, 0.29) is 23.9 Å².